The Hall–Kier alpha value is -2.67. The zero-order chi connectivity index (χ0) is 20.3. The maximum absolute atomic E-state index is 13.7. The fourth-order valence-corrected chi connectivity index (χ4v) is 4.38. The summed E-state index contributed by atoms with van der Waals surface area (Å²) in [5.74, 6) is 1.92. The van der Waals surface area contributed by atoms with Gasteiger partial charge < -0.3 is 19.4 Å². The molecular formula is C22H29N5O2. The molecule has 0 saturated carbocycles. The molecule has 29 heavy (non-hydrogen) atoms. The lowest BCUT2D eigenvalue weighted by Gasteiger charge is -2.51. The molecule has 3 heterocycles. The SMILES string of the molecule is COc1cccc(CC2(C(=O)N3CCCN(C)CC3)CN(c3cnccn3)C2)c1. The number of hydrogen-bond donors (Lipinski definition) is 0. The molecule has 0 aliphatic carbocycles. The van der Waals surface area contributed by atoms with E-state index in [2.05, 4.69) is 37.8 Å². The second-order valence-corrected chi connectivity index (χ2v) is 8.18. The molecule has 4 rings (SSSR count). The second kappa shape index (κ2) is 8.37. The highest BCUT2D eigenvalue weighted by molar-refractivity contribution is 5.86. The van der Waals surface area contributed by atoms with Crippen molar-refractivity contribution in [2.45, 2.75) is 12.8 Å². The number of likely N-dealkylation sites (N-methyl/N-ethyl adjacent to an activating group) is 1. The van der Waals surface area contributed by atoms with E-state index in [1.165, 1.54) is 0 Å². The molecule has 1 aromatic heterocycles. The third kappa shape index (κ3) is 4.19. The van der Waals surface area contributed by atoms with Crippen LogP contribution in [0, 0.1) is 5.41 Å². The molecule has 2 fully saturated rings. The van der Waals surface area contributed by atoms with Gasteiger partial charge in [0.05, 0.1) is 18.7 Å². The van der Waals surface area contributed by atoms with Crippen molar-refractivity contribution in [3.05, 3.63) is 48.4 Å². The van der Waals surface area contributed by atoms with Crippen molar-refractivity contribution in [2.24, 2.45) is 5.41 Å². The van der Waals surface area contributed by atoms with Gasteiger partial charge in [0, 0.05) is 45.1 Å². The van der Waals surface area contributed by atoms with E-state index in [1.54, 1.807) is 25.7 Å². The van der Waals surface area contributed by atoms with Gasteiger partial charge in [-0.05, 0) is 44.1 Å². The molecule has 1 amide bonds. The monoisotopic (exact) mass is 395 g/mol. The predicted molar refractivity (Wildman–Crippen MR) is 112 cm³/mol. The summed E-state index contributed by atoms with van der Waals surface area (Å²) in [6.07, 6.45) is 6.86. The lowest BCUT2D eigenvalue weighted by molar-refractivity contribution is -0.143. The standard InChI is InChI=1S/C22H29N5O2/c1-25-9-4-10-26(12-11-25)21(28)22(14-18-5-3-6-19(13-18)29-2)16-27(17-22)20-15-23-7-8-24-20/h3,5-8,13,15H,4,9-12,14,16-17H2,1-2H3. The van der Waals surface area contributed by atoms with Crippen LogP contribution in [0.4, 0.5) is 5.82 Å². The molecular weight excluding hydrogens is 366 g/mol. The van der Waals surface area contributed by atoms with E-state index in [0.29, 0.717) is 19.5 Å². The van der Waals surface area contributed by atoms with Crippen molar-refractivity contribution in [3.63, 3.8) is 0 Å². The Morgan fingerprint density at radius 3 is 2.79 bits per heavy atom. The van der Waals surface area contributed by atoms with E-state index >= 15 is 0 Å². The topological polar surface area (TPSA) is 61.8 Å². The van der Waals surface area contributed by atoms with Gasteiger partial charge in [-0.2, -0.15) is 0 Å². The highest BCUT2D eigenvalue weighted by Gasteiger charge is 2.51. The molecule has 2 aromatic rings. The number of rotatable bonds is 5. The first kappa shape index (κ1) is 19.6. The fraction of sp³-hybridized carbons (Fsp3) is 0.500. The highest BCUT2D eigenvalue weighted by atomic mass is 16.5. The van der Waals surface area contributed by atoms with Gasteiger partial charge in [0.2, 0.25) is 5.91 Å². The summed E-state index contributed by atoms with van der Waals surface area (Å²) in [5.41, 5.74) is 0.690. The summed E-state index contributed by atoms with van der Waals surface area (Å²) in [6, 6.07) is 8.05. The van der Waals surface area contributed by atoms with Crippen LogP contribution in [-0.2, 0) is 11.2 Å². The van der Waals surface area contributed by atoms with Gasteiger partial charge in [-0.25, -0.2) is 4.98 Å². The molecule has 2 aliphatic rings. The first-order valence-electron chi connectivity index (χ1n) is 10.2. The fourth-order valence-electron chi connectivity index (χ4n) is 4.38. The average Bonchev–Trinajstić information content (AvgIpc) is 2.95. The quantitative estimate of drug-likeness (QED) is 0.768. The van der Waals surface area contributed by atoms with Crippen molar-refractivity contribution in [1.29, 1.82) is 0 Å². The Kier molecular flexibility index (Phi) is 5.67. The Labute approximate surface area is 172 Å². The van der Waals surface area contributed by atoms with Crippen LogP contribution in [0.1, 0.15) is 12.0 Å². The molecule has 0 bridgehead atoms. The molecule has 2 aliphatic heterocycles. The van der Waals surface area contributed by atoms with Crippen LogP contribution in [0.3, 0.4) is 0 Å². The minimum atomic E-state index is -0.438. The zero-order valence-corrected chi connectivity index (χ0v) is 17.3. The molecule has 0 unspecified atom stereocenters. The number of benzene rings is 1. The maximum atomic E-state index is 13.7. The van der Waals surface area contributed by atoms with Crippen molar-refractivity contribution < 1.29 is 9.53 Å². The normalized spacial score (nSPS) is 19.4. The lowest BCUT2D eigenvalue weighted by Crippen LogP contribution is -2.65. The van der Waals surface area contributed by atoms with Crippen molar-refractivity contribution in [3.8, 4) is 5.75 Å². The van der Waals surface area contributed by atoms with Crippen molar-refractivity contribution in [1.82, 2.24) is 19.8 Å². The van der Waals surface area contributed by atoms with Gasteiger partial charge in [-0.1, -0.05) is 12.1 Å². The van der Waals surface area contributed by atoms with Gasteiger partial charge in [0.15, 0.2) is 0 Å². The lowest BCUT2D eigenvalue weighted by atomic mass is 9.73. The number of carbonyl (C=O) groups is 1. The number of carbonyl (C=O) groups excluding carboxylic acids is 1. The third-order valence-corrected chi connectivity index (χ3v) is 6.00. The average molecular weight is 396 g/mol. The second-order valence-electron chi connectivity index (χ2n) is 8.18. The molecule has 1 aromatic carbocycles. The number of methoxy groups -OCH3 is 1. The van der Waals surface area contributed by atoms with E-state index < -0.39 is 5.41 Å². The summed E-state index contributed by atoms with van der Waals surface area (Å²) < 4.78 is 5.39. The van der Waals surface area contributed by atoms with Crippen molar-refractivity contribution >= 4 is 11.7 Å². The van der Waals surface area contributed by atoms with Gasteiger partial charge in [0.1, 0.15) is 11.6 Å². The summed E-state index contributed by atoms with van der Waals surface area (Å²) in [6.45, 7) is 4.91. The van der Waals surface area contributed by atoms with Gasteiger partial charge in [-0.3, -0.25) is 9.78 Å². The molecule has 154 valence electrons. The van der Waals surface area contributed by atoms with E-state index in [0.717, 1.165) is 49.7 Å². The molecule has 0 N–H and O–H groups in total. The Balaban J connectivity index is 1.56. The Morgan fingerprint density at radius 2 is 2.03 bits per heavy atom. The summed E-state index contributed by atoms with van der Waals surface area (Å²) in [5, 5.41) is 0. The van der Waals surface area contributed by atoms with Gasteiger partial charge in [0.25, 0.3) is 0 Å². The number of nitrogens with zero attached hydrogens (tertiary/aromatic N) is 5. The number of anilines is 1. The van der Waals surface area contributed by atoms with Crippen LogP contribution in [0.2, 0.25) is 0 Å². The number of aromatic nitrogens is 2. The molecule has 0 spiro atoms. The molecule has 7 nitrogen and oxygen atoms in total. The largest absolute Gasteiger partial charge is 0.497 e. The number of amides is 1. The van der Waals surface area contributed by atoms with Gasteiger partial charge in [-0.15, -0.1) is 0 Å². The molecule has 7 heteroatoms. The summed E-state index contributed by atoms with van der Waals surface area (Å²) >= 11 is 0. The first-order chi connectivity index (χ1) is 14.1. The summed E-state index contributed by atoms with van der Waals surface area (Å²) in [7, 11) is 3.80. The molecule has 2 saturated heterocycles. The molecule has 0 atom stereocenters. The maximum Gasteiger partial charge on any atom is 0.232 e. The van der Waals surface area contributed by atoms with E-state index in [1.807, 2.05) is 18.2 Å². The first-order valence-corrected chi connectivity index (χ1v) is 10.2. The number of hydrogen-bond acceptors (Lipinski definition) is 6. The van der Waals surface area contributed by atoms with Crippen LogP contribution in [-0.4, -0.2) is 79.1 Å². The zero-order valence-electron chi connectivity index (χ0n) is 17.3. The van der Waals surface area contributed by atoms with Crippen LogP contribution < -0.4 is 9.64 Å². The van der Waals surface area contributed by atoms with Crippen LogP contribution in [0.15, 0.2) is 42.9 Å². The Morgan fingerprint density at radius 1 is 1.17 bits per heavy atom. The van der Waals surface area contributed by atoms with Crippen LogP contribution in [0.5, 0.6) is 5.75 Å². The van der Waals surface area contributed by atoms with E-state index in [-0.39, 0.29) is 5.91 Å². The van der Waals surface area contributed by atoms with Gasteiger partial charge >= 0.3 is 0 Å². The third-order valence-electron chi connectivity index (χ3n) is 6.00. The predicted octanol–water partition coefficient (Wildman–Crippen LogP) is 1.70. The van der Waals surface area contributed by atoms with E-state index in [4.69, 9.17) is 4.74 Å². The summed E-state index contributed by atoms with van der Waals surface area (Å²) in [4.78, 5) is 28.8. The highest BCUT2D eigenvalue weighted by Crippen LogP contribution is 2.39. The minimum Gasteiger partial charge on any atom is -0.497 e. The smallest absolute Gasteiger partial charge is 0.232 e. The van der Waals surface area contributed by atoms with E-state index in [9.17, 15) is 4.79 Å². The molecule has 0 radical (unpaired) electrons. The van der Waals surface area contributed by atoms with Crippen LogP contribution in [0.25, 0.3) is 0 Å². The van der Waals surface area contributed by atoms with Crippen LogP contribution >= 0.6 is 0 Å². The van der Waals surface area contributed by atoms with Crippen molar-refractivity contribution in [2.75, 3.05) is 58.3 Å². The Bertz CT molecular complexity index is 838. The number of ether oxygens (including phenoxy) is 1. The minimum absolute atomic E-state index is 0.260.